The number of H-pyrrole nitrogens is 1. The second kappa shape index (κ2) is 5.05. The number of fused-ring (bicyclic) bond motifs is 1. The summed E-state index contributed by atoms with van der Waals surface area (Å²) >= 11 is 0. The van der Waals surface area contributed by atoms with Gasteiger partial charge in [0.1, 0.15) is 0 Å². The van der Waals surface area contributed by atoms with Crippen LogP contribution in [0.3, 0.4) is 0 Å². The number of aromatic amines is 1. The number of aromatic nitrogens is 1. The first-order chi connectivity index (χ1) is 8.60. The van der Waals surface area contributed by atoms with E-state index in [4.69, 9.17) is 10.2 Å². The molecule has 0 saturated carbocycles. The number of anilines is 1. The number of oxazole rings is 1. The largest absolute Gasteiger partial charge is 0.417 e. The first kappa shape index (κ1) is 12.4. The standard InChI is InChI=1S/C12H15N3O3/c1-7(4-5-13)11(16)14-8-2-3-9-10(6-8)18-12(17)15-9/h2-3,6-7H,4-5,13H2,1H3,(H,14,16)(H,15,17). The number of hydrogen-bond acceptors (Lipinski definition) is 4. The van der Waals surface area contributed by atoms with Gasteiger partial charge >= 0.3 is 5.76 Å². The van der Waals surface area contributed by atoms with Crippen LogP contribution in [0.4, 0.5) is 5.69 Å². The minimum Gasteiger partial charge on any atom is -0.408 e. The van der Waals surface area contributed by atoms with E-state index in [-0.39, 0.29) is 11.8 Å². The molecule has 6 nitrogen and oxygen atoms in total. The van der Waals surface area contributed by atoms with E-state index in [2.05, 4.69) is 10.3 Å². The molecule has 1 atom stereocenters. The summed E-state index contributed by atoms with van der Waals surface area (Å²) in [4.78, 5) is 25.3. The van der Waals surface area contributed by atoms with Crippen molar-refractivity contribution in [3.05, 3.63) is 28.7 Å². The Bertz CT molecular complexity index is 614. The summed E-state index contributed by atoms with van der Waals surface area (Å²) in [6.07, 6.45) is 0.632. The molecule has 6 heteroatoms. The summed E-state index contributed by atoms with van der Waals surface area (Å²) < 4.78 is 4.92. The molecule has 18 heavy (non-hydrogen) atoms. The number of hydrogen-bond donors (Lipinski definition) is 3. The van der Waals surface area contributed by atoms with Gasteiger partial charge in [-0.15, -0.1) is 0 Å². The van der Waals surface area contributed by atoms with E-state index >= 15 is 0 Å². The average molecular weight is 249 g/mol. The van der Waals surface area contributed by atoms with E-state index in [1.165, 1.54) is 0 Å². The van der Waals surface area contributed by atoms with E-state index in [9.17, 15) is 9.59 Å². The molecular weight excluding hydrogens is 234 g/mol. The first-order valence-electron chi connectivity index (χ1n) is 5.74. The Morgan fingerprint density at radius 1 is 1.56 bits per heavy atom. The lowest BCUT2D eigenvalue weighted by Gasteiger charge is -2.10. The average Bonchev–Trinajstić information content (AvgIpc) is 2.68. The molecule has 0 aliphatic heterocycles. The van der Waals surface area contributed by atoms with Gasteiger partial charge in [-0.2, -0.15) is 0 Å². The lowest BCUT2D eigenvalue weighted by atomic mass is 10.1. The predicted octanol–water partition coefficient (Wildman–Crippen LogP) is 1.04. The highest BCUT2D eigenvalue weighted by molar-refractivity contribution is 5.94. The monoisotopic (exact) mass is 249 g/mol. The molecule has 0 spiro atoms. The van der Waals surface area contributed by atoms with Crippen LogP contribution in [0.2, 0.25) is 0 Å². The fourth-order valence-electron chi connectivity index (χ4n) is 1.67. The van der Waals surface area contributed by atoms with Gasteiger partial charge in [-0.1, -0.05) is 6.92 Å². The molecule has 2 rings (SSSR count). The Hall–Kier alpha value is -2.08. The summed E-state index contributed by atoms with van der Waals surface area (Å²) in [6.45, 7) is 2.29. The van der Waals surface area contributed by atoms with E-state index in [0.29, 0.717) is 29.8 Å². The number of benzene rings is 1. The predicted molar refractivity (Wildman–Crippen MR) is 68.3 cm³/mol. The van der Waals surface area contributed by atoms with Crippen molar-refractivity contribution < 1.29 is 9.21 Å². The molecule has 4 N–H and O–H groups in total. The van der Waals surface area contributed by atoms with Gasteiger partial charge in [0.25, 0.3) is 0 Å². The van der Waals surface area contributed by atoms with Crippen molar-refractivity contribution in [2.24, 2.45) is 11.7 Å². The van der Waals surface area contributed by atoms with E-state index < -0.39 is 5.76 Å². The molecular formula is C12H15N3O3. The highest BCUT2D eigenvalue weighted by atomic mass is 16.4. The van der Waals surface area contributed by atoms with Gasteiger partial charge < -0.3 is 15.5 Å². The fraction of sp³-hybridized carbons (Fsp3) is 0.333. The number of rotatable bonds is 4. The quantitative estimate of drug-likeness (QED) is 0.753. The van der Waals surface area contributed by atoms with Crippen molar-refractivity contribution >= 4 is 22.7 Å². The minimum atomic E-state index is -0.509. The highest BCUT2D eigenvalue weighted by Gasteiger charge is 2.12. The van der Waals surface area contributed by atoms with Gasteiger partial charge in [-0.05, 0) is 25.1 Å². The molecule has 0 fully saturated rings. The Labute approximate surface area is 103 Å². The minimum absolute atomic E-state index is 0.0994. The van der Waals surface area contributed by atoms with Crippen LogP contribution in [0.25, 0.3) is 11.1 Å². The molecule has 0 bridgehead atoms. The van der Waals surface area contributed by atoms with Crippen LogP contribution in [-0.4, -0.2) is 17.4 Å². The van der Waals surface area contributed by atoms with Crippen LogP contribution in [0.5, 0.6) is 0 Å². The molecule has 0 aliphatic rings. The van der Waals surface area contributed by atoms with Crippen molar-refractivity contribution in [3.8, 4) is 0 Å². The Balaban J connectivity index is 2.16. The number of nitrogens with one attached hydrogen (secondary N) is 2. The maximum atomic E-state index is 11.8. The summed E-state index contributed by atoms with van der Waals surface area (Å²) in [5, 5.41) is 2.76. The number of nitrogens with two attached hydrogens (primary N) is 1. The van der Waals surface area contributed by atoms with Gasteiger partial charge in [0.05, 0.1) is 5.52 Å². The lowest BCUT2D eigenvalue weighted by Crippen LogP contribution is -2.22. The summed E-state index contributed by atoms with van der Waals surface area (Å²) in [6, 6.07) is 5.00. The molecule has 96 valence electrons. The van der Waals surface area contributed by atoms with Crippen molar-refractivity contribution in [2.75, 3.05) is 11.9 Å². The van der Waals surface area contributed by atoms with Crippen LogP contribution in [0, 0.1) is 5.92 Å². The van der Waals surface area contributed by atoms with Crippen LogP contribution in [0.15, 0.2) is 27.4 Å². The summed E-state index contributed by atoms with van der Waals surface area (Å²) in [5.74, 6) is -0.758. The molecule has 1 unspecified atom stereocenters. The molecule has 1 aromatic carbocycles. The molecule has 2 aromatic rings. The molecule has 1 heterocycles. The zero-order valence-corrected chi connectivity index (χ0v) is 10.0. The van der Waals surface area contributed by atoms with E-state index in [0.717, 1.165) is 0 Å². The second-order valence-electron chi connectivity index (χ2n) is 4.19. The third-order valence-electron chi connectivity index (χ3n) is 2.74. The highest BCUT2D eigenvalue weighted by Crippen LogP contribution is 2.17. The van der Waals surface area contributed by atoms with E-state index in [1.54, 1.807) is 18.2 Å². The Morgan fingerprint density at radius 3 is 3.06 bits per heavy atom. The SMILES string of the molecule is CC(CCN)C(=O)Nc1ccc2[nH]c(=O)oc2c1. The number of carbonyl (C=O) groups is 1. The molecule has 0 saturated heterocycles. The van der Waals surface area contributed by atoms with Crippen LogP contribution >= 0.6 is 0 Å². The second-order valence-corrected chi connectivity index (χ2v) is 4.19. The lowest BCUT2D eigenvalue weighted by molar-refractivity contribution is -0.119. The van der Waals surface area contributed by atoms with Gasteiger partial charge in [0.2, 0.25) is 5.91 Å². The third kappa shape index (κ3) is 2.60. The van der Waals surface area contributed by atoms with E-state index in [1.807, 2.05) is 6.92 Å². The summed E-state index contributed by atoms with van der Waals surface area (Å²) in [5.41, 5.74) is 7.03. The van der Waals surface area contributed by atoms with Crippen molar-refractivity contribution in [2.45, 2.75) is 13.3 Å². The normalized spacial score (nSPS) is 12.6. The fourth-order valence-corrected chi connectivity index (χ4v) is 1.67. The van der Waals surface area contributed by atoms with Gasteiger partial charge in [-0.25, -0.2) is 4.79 Å². The van der Waals surface area contributed by atoms with Gasteiger partial charge in [0.15, 0.2) is 5.58 Å². The maximum Gasteiger partial charge on any atom is 0.417 e. The topological polar surface area (TPSA) is 101 Å². The molecule has 0 aliphatic carbocycles. The number of carbonyl (C=O) groups excluding carboxylic acids is 1. The zero-order chi connectivity index (χ0) is 13.1. The smallest absolute Gasteiger partial charge is 0.408 e. The first-order valence-corrected chi connectivity index (χ1v) is 5.74. The molecule has 1 amide bonds. The van der Waals surface area contributed by atoms with Crippen molar-refractivity contribution in [1.82, 2.24) is 4.98 Å². The molecule has 0 radical (unpaired) electrons. The van der Waals surface area contributed by atoms with Crippen LogP contribution in [0.1, 0.15) is 13.3 Å². The Kier molecular flexibility index (Phi) is 3.47. The Morgan fingerprint density at radius 2 is 2.33 bits per heavy atom. The van der Waals surface area contributed by atoms with Gasteiger partial charge in [0, 0.05) is 17.7 Å². The van der Waals surface area contributed by atoms with Gasteiger partial charge in [-0.3, -0.25) is 9.78 Å². The zero-order valence-electron chi connectivity index (χ0n) is 10.0. The molecule has 1 aromatic heterocycles. The number of amides is 1. The van der Waals surface area contributed by atoms with Crippen molar-refractivity contribution in [3.63, 3.8) is 0 Å². The third-order valence-corrected chi connectivity index (χ3v) is 2.74. The van der Waals surface area contributed by atoms with Crippen LogP contribution in [-0.2, 0) is 4.79 Å². The van der Waals surface area contributed by atoms with Crippen LogP contribution < -0.4 is 16.8 Å². The van der Waals surface area contributed by atoms with Crippen molar-refractivity contribution in [1.29, 1.82) is 0 Å². The summed E-state index contributed by atoms with van der Waals surface area (Å²) in [7, 11) is 0. The maximum absolute atomic E-state index is 11.8.